The topological polar surface area (TPSA) is 50.4 Å². The molecule has 2 unspecified atom stereocenters. The minimum Gasteiger partial charge on any atom is -0.491 e. The normalized spacial score (nSPS) is 21.3. The first kappa shape index (κ1) is 18.4. The van der Waals surface area contributed by atoms with Crippen LogP contribution in [0.3, 0.4) is 0 Å². The predicted octanol–water partition coefficient (Wildman–Crippen LogP) is 2.59. The molecule has 0 radical (unpaired) electrons. The smallest absolute Gasteiger partial charge is 0.419 e. The molecule has 1 aliphatic heterocycles. The molecule has 1 fully saturated rings. The summed E-state index contributed by atoms with van der Waals surface area (Å²) in [5.41, 5.74) is -0.916. The van der Waals surface area contributed by atoms with Gasteiger partial charge in [0.05, 0.1) is 24.2 Å². The fraction of sp³-hybridized carbons (Fsp3) is 0.533. The van der Waals surface area contributed by atoms with E-state index in [1.165, 1.54) is 25.1 Å². The second-order valence-corrected chi connectivity index (χ2v) is 5.71. The van der Waals surface area contributed by atoms with Crippen LogP contribution < -0.4 is 15.4 Å². The summed E-state index contributed by atoms with van der Waals surface area (Å²) < 4.78 is 69.7. The molecular formula is C15H17F5N2O2. The van der Waals surface area contributed by atoms with Gasteiger partial charge in [-0.1, -0.05) is 12.1 Å². The van der Waals surface area contributed by atoms with Gasteiger partial charge < -0.3 is 10.1 Å². The largest absolute Gasteiger partial charge is 0.491 e. The first-order valence-corrected chi connectivity index (χ1v) is 7.29. The van der Waals surface area contributed by atoms with Gasteiger partial charge in [0, 0.05) is 6.42 Å². The van der Waals surface area contributed by atoms with Gasteiger partial charge in [0.15, 0.2) is 0 Å². The number of hydrogen-bond donors (Lipinski definition) is 2. The van der Waals surface area contributed by atoms with Gasteiger partial charge in [0.2, 0.25) is 5.91 Å². The van der Waals surface area contributed by atoms with Crippen LogP contribution in [0.5, 0.6) is 5.75 Å². The second kappa shape index (κ2) is 6.92. The zero-order valence-electron chi connectivity index (χ0n) is 12.8. The SMILES string of the molecule is CC(COc1ccccc1C(F)(F)F)NC(=O)C1CC(F)(F)CN1. The molecule has 9 heteroatoms. The molecule has 24 heavy (non-hydrogen) atoms. The van der Waals surface area contributed by atoms with Crippen LogP contribution in [0.15, 0.2) is 24.3 Å². The Morgan fingerprint density at radius 3 is 2.67 bits per heavy atom. The summed E-state index contributed by atoms with van der Waals surface area (Å²) in [5, 5.41) is 4.85. The van der Waals surface area contributed by atoms with E-state index in [2.05, 4.69) is 10.6 Å². The van der Waals surface area contributed by atoms with E-state index in [1.54, 1.807) is 0 Å². The molecule has 0 bridgehead atoms. The first-order chi connectivity index (χ1) is 11.1. The lowest BCUT2D eigenvalue weighted by molar-refractivity contribution is -0.139. The van der Waals surface area contributed by atoms with Crippen LogP contribution in [0, 0.1) is 0 Å². The van der Waals surface area contributed by atoms with Gasteiger partial charge in [0.25, 0.3) is 5.92 Å². The van der Waals surface area contributed by atoms with E-state index in [0.29, 0.717) is 0 Å². The Hall–Kier alpha value is -1.90. The fourth-order valence-electron chi connectivity index (χ4n) is 2.33. The van der Waals surface area contributed by atoms with Crippen LogP contribution in [0.1, 0.15) is 18.9 Å². The molecule has 2 N–H and O–H groups in total. The number of rotatable bonds is 5. The predicted molar refractivity (Wildman–Crippen MR) is 75.9 cm³/mol. The average molecular weight is 352 g/mol. The highest BCUT2D eigenvalue weighted by Gasteiger charge is 2.42. The lowest BCUT2D eigenvalue weighted by atomic mass is 10.1. The molecule has 134 valence electrons. The minimum absolute atomic E-state index is 0.220. The standard InChI is InChI=1S/C15H17F5N2O2/c1-9(22-13(23)11-6-14(16,17)8-21-11)7-24-12-5-3-2-4-10(12)15(18,19)20/h2-5,9,11,21H,6-8H2,1H3,(H,22,23). The summed E-state index contributed by atoms with van der Waals surface area (Å²) in [6, 6.07) is 3.05. The molecule has 4 nitrogen and oxygen atoms in total. The maximum absolute atomic E-state index is 13.0. The quantitative estimate of drug-likeness (QED) is 0.801. The number of benzene rings is 1. The molecule has 1 aliphatic rings. The average Bonchev–Trinajstić information content (AvgIpc) is 2.85. The number of alkyl halides is 5. The molecule has 1 saturated heterocycles. The molecule has 1 amide bonds. The van der Waals surface area contributed by atoms with Crippen molar-refractivity contribution in [3.05, 3.63) is 29.8 Å². The molecule has 0 aliphatic carbocycles. The van der Waals surface area contributed by atoms with Gasteiger partial charge in [-0.15, -0.1) is 0 Å². The van der Waals surface area contributed by atoms with Gasteiger partial charge >= 0.3 is 6.18 Å². The van der Waals surface area contributed by atoms with Crippen molar-refractivity contribution in [1.29, 1.82) is 0 Å². The van der Waals surface area contributed by atoms with Crippen molar-refractivity contribution in [2.75, 3.05) is 13.2 Å². The summed E-state index contributed by atoms with van der Waals surface area (Å²) in [5.74, 6) is -3.92. The Labute approximate surface area is 135 Å². The highest BCUT2D eigenvalue weighted by Crippen LogP contribution is 2.35. The van der Waals surface area contributed by atoms with Gasteiger partial charge in [-0.3, -0.25) is 10.1 Å². The molecule has 0 spiro atoms. The van der Waals surface area contributed by atoms with E-state index in [1.807, 2.05) is 0 Å². The number of halogens is 5. The highest BCUT2D eigenvalue weighted by atomic mass is 19.4. The summed E-state index contributed by atoms with van der Waals surface area (Å²) in [6.07, 6.45) is -5.16. The van der Waals surface area contributed by atoms with E-state index in [-0.39, 0.29) is 12.4 Å². The van der Waals surface area contributed by atoms with Crippen LogP contribution in [-0.2, 0) is 11.0 Å². The Bertz CT molecular complexity index is 591. The van der Waals surface area contributed by atoms with Crippen LogP contribution in [0.2, 0.25) is 0 Å². The van der Waals surface area contributed by atoms with Crippen molar-refractivity contribution in [2.45, 2.75) is 37.5 Å². The van der Waals surface area contributed by atoms with Crippen molar-refractivity contribution in [2.24, 2.45) is 0 Å². The van der Waals surface area contributed by atoms with Crippen molar-refractivity contribution >= 4 is 5.91 Å². The van der Waals surface area contributed by atoms with Crippen LogP contribution in [-0.4, -0.2) is 37.1 Å². The summed E-state index contributed by atoms with van der Waals surface area (Å²) in [4.78, 5) is 11.8. The van der Waals surface area contributed by atoms with Crippen molar-refractivity contribution in [3.63, 3.8) is 0 Å². The summed E-state index contributed by atoms with van der Waals surface area (Å²) >= 11 is 0. The molecule has 2 atom stereocenters. The number of hydrogen-bond acceptors (Lipinski definition) is 3. The Kier molecular flexibility index (Phi) is 5.32. The number of nitrogens with one attached hydrogen (secondary N) is 2. The number of ether oxygens (including phenoxy) is 1. The molecule has 0 aromatic heterocycles. The van der Waals surface area contributed by atoms with E-state index in [4.69, 9.17) is 4.74 Å². The molecular weight excluding hydrogens is 335 g/mol. The number of para-hydroxylation sites is 1. The fourth-order valence-corrected chi connectivity index (χ4v) is 2.33. The van der Waals surface area contributed by atoms with Crippen molar-refractivity contribution < 1.29 is 31.5 Å². The van der Waals surface area contributed by atoms with Crippen LogP contribution in [0.4, 0.5) is 22.0 Å². The van der Waals surface area contributed by atoms with Crippen LogP contribution in [0.25, 0.3) is 0 Å². The molecule has 2 rings (SSSR count). The maximum atomic E-state index is 13.0. The lowest BCUT2D eigenvalue weighted by Gasteiger charge is -2.19. The van der Waals surface area contributed by atoms with E-state index < -0.39 is 48.6 Å². The van der Waals surface area contributed by atoms with Gasteiger partial charge in [0.1, 0.15) is 12.4 Å². The zero-order chi connectivity index (χ0) is 18.0. The minimum atomic E-state index is -4.55. The van der Waals surface area contributed by atoms with E-state index in [0.717, 1.165) is 6.07 Å². The maximum Gasteiger partial charge on any atom is 0.419 e. The van der Waals surface area contributed by atoms with Gasteiger partial charge in [-0.2, -0.15) is 13.2 Å². The van der Waals surface area contributed by atoms with Gasteiger partial charge in [-0.25, -0.2) is 8.78 Å². The van der Waals surface area contributed by atoms with E-state index in [9.17, 15) is 26.7 Å². The monoisotopic (exact) mass is 352 g/mol. The first-order valence-electron chi connectivity index (χ1n) is 7.29. The molecule has 1 aromatic rings. The molecule has 1 aromatic carbocycles. The number of amides is 1. The molecule has 1 heterocycles. The summed E-state index contributed by atoms with van der Waals surface area (Å²) in [6.45, 7) is 0.720. The zero-order valence-corrected chi connectivity index (χ0v) is 12.8. The third-order valence-electron chi connectivity index (χ3n) is 3.50. The Morgan fingerprint density at radius 1 is 1.42 bits per heavy atom. The Balaban J connectivity index is 1.88. The number of carbonyl (C=O) groups excluding carboxylic acids is 1. The second-order valence-electron chi connectivity index (χ2n) is 5.71. The molecule has 0 saturated carbocycles. The van der Waals surface area contributed by atoms with Crippen LogP contribution >= 0.6 is 0 Å². The lowest BCUT2D eigenvalue weighted by Crippen LogP contribution is -2.46. The van der Waals surface area contributed by atoms with E-state index >= 15 is 0 Å². The highest BCUT2D eigenvalue weighted by molar-refractivity contribution is 5.82. The third-order valence-corrected chi connectivity index (χ3v) is 3.50. The summed E-state index contributed by atoms with van der Waals surface area (Å²) in [7, 11) is 0. The number of carbonyl (C=O) groups is 1. The van der Waals surface area contributed by atoms with Crippen molar-refractivity contribution in [3.8, 4) is 5.75 Å². The van der Waals surface area contributed by atoms with Crippen molar-refractivity contribution in [1.82, 2.24) is 10.6 Å². The van der Waals surface area contributed by atoms with Gasteiger partial charge in [-0.05, 0) is 19.1 Å². The Morgan fingerprint density at radius 2 is 2.08 bits per heavy atom. The third kappa shape index (κ3) is 4.80.